The van der Waals surface area contributed by atoms with Crippen LogP contribution < -0.4 is 5.32 Å². The monoisotopic (exact) mass is 209 g/mol. The Morgan fingerprint density at radius 3 is 2.29 bits per heavy atom. The molecule has 76 valence electrons. The lowest BCUT2D eigenvalue weighted by atomic mass is 10.3. The Bertz CT molecular complexity index is 350. The summed E-state index contributed by atoms with van der Waals surface area (Å²) >= 11 is 0. The van der Waals surface area contributed by atoms with Crippen LogP contribution in [0.25, 0.3) is 0 Å². The third-order valence-electron chi connectivity index (χ3n) is 2.65. The van der Waals surface area contributed by atoms with E-state index in [1.807, 2.05) is 0 Å². The molecule has 1 fully saturated rings. The molecule has 2 rings (SSSR count). The first-order chi connectivity index (χ1) is 6.59. The smallest absolute Gasteiger partial charge is 0.111 e. The predicted molar refractivity (Wildman–Crippen MR) is 63.5 cm³/mol. The number of amidine groups is 2. The maximum Gasteiger partial charge on any atom is 0.111 e. The summed E-state index contributed by atoms with van der Waals surface area (Å²) in [6, 6.07) is 0. The van der Waals surface area contributed by atoms with E-state index in [0.29, 0.717) is 18.1 Å². The molecular weight excluding hydrogens is 194 g/mol. The largest absolute Gasteiger partial charge is 0.332 e. The lowest BCUT2D eigenvalue weighted by Crippen LogP contribution is -2.23. The van der Waals surface area contributed by atoms with Gasteiger partial charge in [0.05, 0.1) is 5.25 Å². The number of nitrogens with one attached hydrogen (secondary N) is 3. The molecule has 1 atom stereocenters. The van der Waals surface area contributed by atoms with Crippen LogP contribution in [0.2, 0.25) is 0 Å². The summed E-state index contributed by atoms with van der Waals surface area (Å²) in [5.74, 6) is 1.03. The number of allylic oxidation sites excluding steroid dienone is 4. The van der Waals surface area contributed by atoms with Gasteiger partial charge in [0.25, 0.3) is 0 Å². The van der Waals surface area contributed by atoms with Crippen molar-refractivity contribution in [3.8, 4) is 0 Å². The molecule has 3 nitrogen and oxygen atoms in total. The first-order valence-corrected chi connectivity index (χ1v) is 6.08. The Kier molecular flexibility index (Phi) is 2.23. The average molecular weight is 209 g/mol. The minimum absolute atomic E-state index is 0.229. The van der Waals surface area contributed by atoms with Gasteiger partial charge < -0.3 is 5.32 Å². The Balaban J connectivity index is 2.24. The summed E-state index contributed by atoms with van der Waals surface area (Å²) in [4.78, 5) is 2.76. The quantitative estimate of drug-likeness (QED) is 0.491. The second-order valence-corrected chi connectivity index (χ2v) is 6.50. The third-order valence-corrected chi connectivity index (χ3v) is 5.54. The Morgan fingerprint density at radius 2 is 1.86 bits per heavy atom. The van der Waals surface area contributed by atoms with Gasteiger partial charge in [-0.2, -0.15) is 10.9 Å². The highest BCUT2D eigenvalue weighted by atomic mass is 32.2. The molecule has 3 N–H and O–H groups in total. The molecule has 0 aromatic rings. The van der Waals surface area contributed by atoms with Crippen LogP contribution in [0, 0.1) is 10.8 Å². The SMILES string of the molecule is CC1=CC=C(C)[SH]1C1CC(=N)NC1=N. The van der Waals surface area contributed by atoms with Crippen LogP contribution in [0.5, 0.6) is 0 Å². The lowest BCUT2D eigenvalue weighted by Gasteiger charge is -2.25. The van der Waals surface area contributed by atoms with Gasteiger partial charge in [-0.3, -0.25) is 10.8 Å². The summed E-state index contributed by atoms with van der Waals surface area (Å²) in [7, 11) is -0.340. The van der Waals surface area contributed by atoms with E-state index in [1.165, 1.54) is 9.81 Å². The zero-order valence-electron chi connectivity index (χ0n) is 8.39. The average Bonchev–Trinajstić information content (AvgIpc) is 2.57. The van der Waals surface area contributed by atoms with Crippen molar-refractivity contribution in [2.75, 3.05) is 0 Å². The van der Waals surface area contributed by atoms with Gasteiger partial charge in [0.1, 0.15) is 11.7 Å². The van der Waals surface area contributed by atoms with Crippen LogP contribution in [0.15, 0.2) is 22.0 Å². The number of rotatable bonds is 1. The summed E-state index contributed by atoms with van der Waals surface area (Å²) in [5.41, 5.74) is 0. The standard InChI is InChI=1S/C10H15N3S/c1-6-3-4-7(2)14(6)8-5-9(11)13-10(8)12/h3-4,8,14H,5H2,1-2H3,(H3,11,12,13). The van der Waals surface area contributed by atoms with E-state index in [1.54, 1.807) is 0 Å². The van der Waals surface area contributed by atoms with Gasteiger partial charge >= 0.3 is 0 Å². The minimum atomic E-state index is -0.340. The number of thiol groups is 1. The normalized spacial score (nSPS) is 29.0. The van der Waals surface area contributed by atoms with Crippen LogP contribution in [-0.4, -0.2) is 16.9 Å². The third kappa shape index (κ3) is 1.39. The van der Waals surface area contributed by atoms with Crippen molar-refractivity contribution in [3.63, 3.8) is 0 Å². The molecule has 2 heterocycles. The Morgan fingerprint density at radius 1 is 1.29 bits per heavy atom. The number of hydrogen-bond acceptors (Lipinski definition) is 2. The van der Waals surface area contributed by atoms with Crippen LogP contribution in [0.3, 0.4) is 0 Å². The van der Waals surface area contributed by atoms with E-state index in [0.717, 1.165) is 0 Å². The molecule has 0 aromatic heterocycles. The molecule has 4 heteroatoms. The molecule has 0 radical (unpaired) electrons. The minimum Gasteiger partial charge on any atom is -0.332 e. The zero-order valence-corrected chi connectivity index (χ0v) is 9.28. The molecule has 0 aromatic carbocycles. The van der Waals surface area contributed by atoms with Gasteiger partial charge in [-0.05, 0) is 23.7 Å². The Hall–Kier alpha value is -1.03. The molecular formula is C10H15N3S. The summed E-state index contributed by atoms with van der Waals surface area (Å²) in [6.07, 6.45) is 5.01. The van der Waals surface area contributed by atoms with E-state index in [2.05, 4.69) is 31.3 Å². The molecule has 0 amide bonds. The second-order valence-electron chi connectivity index (χ2n) is 3.72. The molecule has 1 saturated heterocycles. The van der Waals surface area contributed by atoms with Crippen molar-refractivity contribution in [2.45, 2.75) is 25.5 Å². The van der Waals surface area contributed by atoms with E-state index in [9.17, 15) is 0 Å². The van der Waals surface area contributed by atoms with Crippen molar-refractivity contribution in [3.05, 3.63) is 22.0 Å². The maximum absolute atomic E-state index is 7.79. The second kappa shape index (κ2) is 3.28. The van der Waals surface area contributed by atoms with Crippen molar-refractivity contribution in [2.24, 2.45) is 0 Å². The summed E-state index contributed by atoms with van der Waals surface area (Å²) in [5, 5.41) is 18.4. The fourth-order valence-electron chi connectivity index (χ4n) is 1.98. The highest BCUT2D eigenvalue weighted by Gasteiger charge is 2.32. The molecule has 0 bridgehead atoms. The van der Waals surface area contributed by atoms with Crippen LogP contribution in [0.1, 0.15) is 20.3 Å². The Labute approximate surface area is 86.6 Å². The van der Waals surface area contributed by atoms with Crippen LogP contribution >= 0.6 is 10.9 Å². The summed E-state index contributed by atoms with van der Waals surface area (Å²) in [6.45, 7) is 4.27. The fourth-order valence-corrected chi connectivity index (χ4v) is 4.68. The fraction of sp³-hybridized carbons (Fsp3) is 0.400. The lowest BCUT2D eigenvalue weighted by molar-refractivity contribution is 1.18. The zero-order chi connectivity index (χ0) is 10.3. The van der Waals surface area contributed by atoms with E-state index < -0.39 is 0 Å². The molecule has 0 saturated carbocycles. The first-order valence-electron chi connectivity index (χ1n) is 4.67. The van der Waals surface area contributed by atoms with Gasteiger partial charge in [0.15, 0.2) is 0 Å². The van der Waals surface area contributed by atoms with Crippen molar-refractivity contribution < 1.29 is 0 Å². The molecule has 2 aliphatic heterocycles. The van der Waals surface area contributed by atoms with Gasteiger partial charge in [0.2, 0.25) is 0 Å². The van der Waals surface area contributed by atoms with Crippen molar-refractivity contribution in [1.29, 1.82) is 10.8 Å². The molecule has 0 aliphatic carbocycles. The van der Waals surface area contributed by atoms with Crippen molar-refractivity contribution >= 4 is 22.6 Å². The topological polar surface area (TPSA) is 59.7 Å². The van der Waals surface area contributed by atoms with Crippen LogP contribution in [-0.2, 0) is 0 Å². The molecule has 2 aliphatic rings. The van der Waals surface area contributed by atoms with Gasteiger partial charge in [-0.15, -0.1) is 0 Å². The molecule has 0 spiro atoms. The molecule has 14 heavy (non-hydrogen) atoms. The molecule has 1 unspecified atom stereocenters. The van der Waals surface area contributed by atoms with E-state index >= 15 is 0 Å². The highest BCUT2D eigenvalue weighted by Crippen LogP contribution is 2.52. The first kappa shape index (κ1) is 9.52. The summed E-state index contributed by atoms with van der Waals surface area (Å²) < 4.78 is 0. The van der Waals surface area contributed by atoms with Gasteiger partial charge in [-0.25, -0.2) is 0 Å². The maximum atomic E-state index is 7.79. The van der Waals surface area contributed by atoms with Gasteiger partial charge in [-0.1, -0.05) is 12.2 Å². The van der Waals surface area contributed by atoms with E-state index in [-0.39, 0.29) is 16.1 Å². The predicted octanol–water partition coefficient (Wildman–Crippen LogP) is 2.13. The highest BCUT2D eigenvalue weighted by molar-refractivity contribution is 8.24. The van der Waals surface area contributed by atoms with Crippen molar-refractivity contribution in [1.82, 2.24) is 5.32 Å². The van der Waals surface area contributed by atoms with Crippen LogP contribution in [0.4, 0.5) is 0 Å². The van der Waals surface area contributed by atoms with Gasteiger partial charge in [0, 0.05) is 6.42 Å². The van der Waals surface area contributed by atoms with E-state index in [4.69, 9.17) is 10.8 Å². The number of hydrogen-bond donors (Lipinski definition) is 4.